The summed E-state index contributed by atoms with van der Waals surface area (Å²) >= 11 is 0. The van der Waals surface area contributed by atoms with Crippen LogP contribution in [0.3, 0.4) is 0 Å². The Labute approximate surface area is 177 Å². The van der Waals surface area contributed by atoms with Crippen molar-refractivity contribution in [1.82, 2.24) is 4.57 Å². The van der Waals surface area contributed by atoms with Crippen molar-refractivity contribution in [2.75, 3.05) is 11.9 Å². The van der Waals surface area contributed by atoms with Crippen molar-refractivity contribution in [2.45, 2.75) is 60.1 Å². The number of carbonyl (C=O) groups is 1. The molecule has 2 N–H and O–H groups in total. The number of nitrogens with zero attached hydrogens (tertiary/aromatic N) is 1. The quantitative estimate of drug-likeness (QED) is 0.604. The number of aryl methyl sites for hydroxylation is 2. The van der Waals surface area contributed by atoms with E-state index in [0.29, 0.717) is 0 Å². The van der Waals surface area contributed by atoms with Gasteiger partial charge in [-0.2, -0.15) is 0 Å². The van der Waals surface area contributed by atoms with E-state index in [-0.39, 0.29) is 12.0 Å². The van der Waals surface area contributed by atoms with Gasteiger partial charge >= 0.3 is 5.97 Å². The van der Waals surface area contributed by atoms with Crippen LogP contribution >= 0.6 is 0 Å². The average Bonchev–Trinajstić information content (AvgIpc) is 2.97. The normalized spacial score (nSPS) is 13.4. The molecule has 3 aromatic rings. The Balaban J connectivity index is 2.12. The molecule has 0 unspecified atom stereocenters. The second-order valence-electron chi connectivity index (χ2n) is 9.26. The summed E-state index contributed by atoms with van der Waals surface area (Å²) in [6.07, 6.45) is -0.0289. The standard InChI is InChI=1S/C25H30N2O3/c1-14-7-8-17(20(11-14)30-25(4,5)6)22-18(13-21(28)29)16(3)23-24-19(22)12-15(2)27(24)10-9-26-23/h7-8,11-12,26H,9-10,13H2,1-6H3,(H,28,29). The van der Waals surface area contributed by atoms with Crippen LogP contribution in [0.1, 0.15) is 43.2 Å². The van der Waals surface area contributed by atoms with Gasteiger partial charge in [0.1, 0.15) is 11.4 Å². The minimum Gasteiger partial charge on any atom is -0.487 e. The summed E-state index contributed by atoms with van der Waals surface area (Å²) in [6, 6.07) is 8.38. The largest absolute Gasteiger partial charge is 0.487 e. The van der Waals surface area contributed by atoms with Crippen LogP contribution < -0.4 is 10.1 Å². The molecule has 1 aromatic heterocycles. The summed E-state index contributed by atoms with van der Waals surface area (Å²) in [6.45, 7) is 14.0. The van der Waals surface area contributed by atoms with Gasteiger partial charge in [0.2, 0.25) is 0 Å². The van der Waals surface area contributed by atoms with Crippen molar-refractivity contribution in [1.29, 1.82) is 0 Å². The smallest absolute Gasteiger partial charge is 0.307 e. The number of benzene rings is 2. The van der Waals surface area contributed by atoms with E-state index in [1.54, 1.807) is 0 Å². The highest BCUT2D eigenvalue weighted by Gasteiger charge is 2.27. The van der Waals surface area contributed by atoms with Crippen molar-refractivity contribution in [3.63, 3.8) is 0 Å². The summed E-state index contributed by atoms with van der Waals surface area (Å²) in [5, 5.41) is 14.3. The maximum atomic E-state index is 11.8. The van der Waals surface area contributed by atoms with E-state index < -0.39 is 5.97 Å². The summed E-state index contributed by atoms with van der Waals surface area (Å²) in [4.78, 5) is 11.8. The zero-order chi connectivity index (χ0) is 21.8. The van der Waals surface area contributed by atoms with E-state index in [1.807, 2.05) is 40.7 Å². The molecule has 0 saturated carbocycles. The number of aromatic nitrogens is 1. The molecule has 0 bridgehead atoms. The molecule has 30 heavy (non-hydrogen) atoms. The maximum Gasteiger partial charge on any atom is 0.307 e. The van der Waals surface area contributed by atoms with Gasteiger partial charge in [-0.25, -0.2) is 0 Å². The predicted molar refractivity (Wildman–Crippen MR) is 122 cm³/mol. The van der Waals surface area contributed by atoms with E-state index in [4.69, 9.17) is 4.74 Å². The summed E-state index contributed by atoms with van der Waals surface area (Å²) < 4.78 is 8.69. The molecule has 0 radical (unpaired) electrons. The molecule has 1 aliphatic heterocycles. The molecule has 0 spiro atoms. The van der Waals surface area contributed by atoms with Gasteiger partial charge in [-0.05, 0) is 75.9 Å². The van der Waals surface area contributed by atoms with Crippen LogP contribution in [0.4, 0.5) is 5.69 Å². The monoisotopic (exact) mass is 406 g/mol. The number of rotatable bonds is 4. The number of nitrogens with one attached hydrogen (secondary N) is 1. The van der Waals surface area contributed by atoms with Crippen LogP contribution in [0.15, 0.2) is 24.3 Å². The van der Waals surface area contributed by atoms with Gasteiger partial charge < -0.3 is 19.7 Å². The number of carboxylic acid groups (broad SMARTS) is 1. The van der Waals surface area contributed by atoms with Crippen molar-refractivity contribution in [2.24, 2.45) is 0 Å². The van der Waals surface area contributed by atoms with Gasteiger partial charge in [0.25, 0.3) is 0 Å². The Morgan fingerprint density at radius 2 is 1.93 bits per heavy atom. The molecule has 0 fully saturated rings. The SMILES string of the molecule is Cc1ccc(-c2c(CC(=O)O)c(C)c3c4c2cc(C)n4CCN3)c(OC(C)(C)C)c1. The summed E-state index contributed by atoms with van der Waals surface area (Å²) in [5.74, 6) is -0.0405. The van der Waals surface area contributed by atoms with E-state index >= 15 is 0 Å². The Kier molecular flexibility index (Phi) is 4.80. The number of aliphatic carboxylic acids is 1. The topological polar surface area (TPSA) is 63.5 Å². The van der Waals surface area contributed by atoms with Crippen LogP contribution in [-0.4, -0.2) is 27.8 Å². The molecule has 5 heteroatoms. The molecule has 2 aromatic carbocycles. The Bertz CT molecular complexity index is 1170. The molecule has 1 aliphatic rings. The van der Waals surface area contributed by atoms with Crippen LogP contribution in [0.2, 0.25) is 0 Å². The highest BCUT2D eigenvalue weighted by atomic mass is 16.5. The van der Waals surface area contributed by atoms with E-state index in [1.165, 1.54) is 5.69 Å². The fourth-order valence-corrected chi connectivity index (χ4v) is 4.54. The third kappa shape index (κ3) is 3.42. The summed E-state index contributed by atoms with van der Waals surface area (Å²) in [7, 11) is 0. The number of anilines is 1. The third-order valence-electron chi connectivity index (χ3n) is 5.73. The average molecular weight is 407 g/mol. The van der Waals surface area contributed by atoms with Gasteiger partial charge in [0.15, 0.2) is 0 Å². The zero-order valence-corrected chi connectivity index (χ0v) is 18.6. The first-order valence-electron chi connectivity index (χ1n) is 10.5. The van der Waals surface area contributed by atoms with Gasteiger partial charge in [0.05, 0.1) is 17.6 Å². The molecule has 0 atom stereocenters. The second-order valence-corrected chi connectivity index (χ2v) is 9.26. The number of hydrogen-bond acceptors (Lipinski definition) is 3. The molecular weight excluding hydrogens is 376 g/mol. The lowest BCUT2D eigenvalue weighted by molar-refractivity contribution is -0.136. The zero-order valence-electron chi connectivity index (χ0n) is 18.6. The Hall–Kier alpha value is -2.95. The van der Waals surface area contributed by atoms with E-state index in [9.17, 15) is 9.90 Å². The predicted octanol–water partition coefficient (Wildman–Crippen LogP) is 5.46. The van der Waals surface area contributed by atoms with Crippen molar-refractivity contribution < 1.29 is 14.6 Å². The molecule has 0 amide bonds. The third-order valence-corrected chi connectivity index (χ3v) is 5.73. The van der Waals surface area contributed by atoms with Gasteiger partial charge in [-0.15, -0.1) is 0 Å². The Morgan fingerprint density at radius 3 is 2.60 bits per heavy atom. The highest BCUT2D eigenvalue weighted by molar-refractivity contribution is 6.07. The lowest BCUT2D eigenvalue weighted by Crippen LogP contribution is -2.23. The number of ether oxygens (including phenoxy) is 1. The van der Waals surface area contributed by atoms with Crippen LogP contribution in [0.5, 0.6) is 5.75 Å². The summed E-state index contributed by atoms with van der Waals surface area (Å²) in [5.41, 5.74) is 7.91. The first kappa shape index (κ1) is 20.3. The number of hydrogen-bond donors (Lipinski definition) is 2. The minimum absolute atomic E-state index is 0.0289. The lowest BCUT2D eigenvalue weighted by Gasteiger charge is -2.27. The highest BCUT2D eigenvalue weighted by Crippen LogP contribution is 2.46. The first-order valence-corrected chi connectivity index (χ1v) is 10.5. The Morgan fingerprint density at radius 1 is 1.20 bits per heavy atom. The van der Waals surface area contributed by atoms with Crippen molar-refractivity contribution in [3.05, 3.63) is 46.6 Å². The fourth-order valence-electron chi connectivity index (χ4n) is 4.54. The molecule has 158 valence electrons. The first-order chi connectivity index (χ1) is 14.1. The maximum absolute atomic E-state index is 11.8. The fraction of sp³-hybridized carbons (Fsp3) is 0.400. The lowest BCUT2D eigenvalue weighted by atomic mass is 9.88. The molecule has 4 rings (SSSR count). The van der Waals surface area contributed by atoms with Gasteiger partial charge in [0, 0.05) is 29.7 Å². The van der Waals surface area contributed by atoms with E-state index in [2.05, 4.69) is 35.0 Å². The van der Waals surface area contributed by atoms with Gasteiger partial charge in [-0.1, -0.05) is 12.1 Å². The van der Waals surface area contributed by atoms with Crippen LogP contribution in [0, 0.1) is 20.8 Å². The minimum atomic E-state index is -0.830. The molecule has 0 saturated heterocycles. The molecule has 2 heterocycles. The van der Waals surface area contributed by atoms with Crippen LogP contribution in [0.25, 0.3) is 22.0 Å². The molecular formula is C25H30N2O3. The second kappa shape index (κ2) is 7.08. The van der Waals surface area contributed by atoms with Crippen molar-refractivity contribution >= 4 is 22.6 Å². The molecule has 5 nitrogen and oxygen atoms in total. The number of carboxylic acids is 1. The molecule has 0 aliphatic carbocycles. The van der Waals surface area contributed by atoms with Crippen molar-refractivity contribution in [3.8, 4) is 16.9 Å². The van der Waals surface area contributed by atoms with Crippen LogP contribution in [-0.2, 0) is 17.8 Å². The van der Waals surface area contributed by atoms with E-state index in [0.717, 1.165) is 63.2 Å². The van der Waals surface area contributed by atoms with Gasteiger partial charge in [-0.3, -0.25) is 4.79 Å².